The van der Waals surface area contributed by atoms with E-state index in [9.17, 15) is 4.79 Å². The highest BCUT2D eigenvalue weighted by molar-refractivity contribution is 8.00. The Hall–Kier alpha value is -1.87. The van der Waals surface area contributed by atoms with E-state index in [2.05, 4.69) is 15.3 Å². The molecule has 0 spiro atoms. The van der Waals surface area contributed by atoms with Gasteiger partial charge in [0.25, 0.3) is 0 Å². The Morgan fingerprint density at radius 2 is 2.35 bits per heavy atom. The van der Waals surface area contributed by atoms with E-state index in [0.717, 1.165) is 30.2 Å². The number of methoxy groups -OCH3 is 1. The van der Waals surface area contributed by atoms with Crippen LogP contribution in [0.25, 0.3) is 0 Å². The van der Waals surface area contributed by atoms with Crippen LogP contribution < -0.4 is 4.90 Å². The van der Waals surface area contributed by atoms with E-state index in [1.54, 1.807) is 24.3 Å². The minimum absolute atomic E-state index is 0.107. The molecule has 0 radical (unpaired) electrons. The molecule has 0 aromatic carbocycles. The molecule has 124 valence electrons. The van der Waals surface area contributed by atoms with Gasteiger partial charge in [-0.1, -0.05) is 11.8 Å². The molecule has 1 aliphatic rings. The fourth-order valence-corrected chi connectivity index (χ4v) is 3.70. The van der Waals surface area contributed by atoms with Crippen molar-refractivity contribution < 1.29 is 9.53 Å². The van der Waals surface area contributed by atoms with Crippen molar-refractivity contribution in [3.63, 3.8) is 0 Å². The van der Waals surface area contributed by atoms with Crippen LogP contribution in [0.1, 0.15) is 12.8 Å². The fraction of sp³-hybridized carbons (Fsp3) is 0.571. The standard InChI is InChI=1S/C14H20N6O2S/c1-18-9-11(8-16-18)20-5-3-4-12(13(20)21)23-14-17-15-10-19(14)6-7-22-2/h8-10,12H,3-7H2,1-2H3. The van der Waals surface area contributed by atoms with Gasteiger partial charge in [0, 0.05) is 33.4 Å². The molecule has 23 heavy (non-hydrogen) atoms. The van der Waals surface area contributed by atoms with Crippen molar-refractivity contribution in [2.75, 3.05) is 25.2 Å². The molecular weight excluding hydrogens is 316 g/mol. The van der Waals surface area contributed by atoms with Crippen molar-refractivity contribution in [1.29, 1.82) is 0 Å². The number of amides is 1. The van der Waals surface area contributed by atoms with Gasteiger partial charge in [0.05, 0.1) is 23.7 Å². The number of aromatic nitrogens is 5. The van der Waals surface area contributed by atoms with E-state index in [4.69, 9.17) is 4.74 Å². The smallest absolute Gasteiger partial charge is 0.240 e. The number of carbonyl (C=O) groups is 1. The summed E-state index contributed by atoms with van der Waals surface area (Å²) in [6.07, 6.45) is 7.08. The third kappa shape index (κ3) is 3.56. The molecule has 0 bridgehead atoms. The summed E-state index contributed by atoms with van der Waals surface area (Å²) in [7, 11) is 3.51. The van der Waals surface area contributed by atoms with Gasteiger partial charge in [-0.25, -0.2) is 0 Å². The average molecular weight is 336 g/mol. The molecule has 8 nitrogen and oxygen atoms in total. The molecule has 1 saturated heterocycles. The maximum absolute atomic E-state index is 12.8. The third-order valence-electron chi connectivity index (χ3n) is 3.76. The molecule has 1 unspecified atom stereocenters. The highest BCUT2D eigenvalue weighted by Gasteiger charge is 2.32. The van der Waals surface area contributed by atoms with Gasteiger partial charge in [-0.3, -0.25) is 9.48 Å². The second kappa shape index (κ2) is 7.14. The zero-order valence-electron chi connectivity index (χ0n) is 13.3. The number of aryl methyl sites for hydroxylation is 1. The summed E-state index contributed by atoms with van der Waals surface area (Å²) in [6, 6.07) is 0. The molecule has 3 rings (SSSR count). The zero-order valence-corrected chi connectivity index (χ0v) is 14.1. The molecule has 0 aliphatic carbocycles. The molecule has 3 heterocycles. The second-order valence-electron chi connectivity index (χ2n) is 5.41. The van der Waals surface area contributed by atoms with E-state index < -0.39 is 0 Å². The number of rotatable bonds is 6. The van der Waals surface area contributed by atoms with Gasteiger partial charge in [0.1, 0.15) is 6.33 Å². The molecule has 2 aromatic heterocycles. The van der Waals surface area contributed by atoms with Crippen LogP contribution >= 0.6 is 11.8 Å². The van der Waals surface area contributed by atoms with E-state index in [0.29, 0.717) is 13.2 Å². The zero-order chi connectivity index (χ0) is 16.2. The van der Waals surface area contributed by atoms with E-state index >= 15 is 0 Å². The fourth-order valence-electron chi connectivity index (χ4n) is 2.56. The molecule has 2 aromatic rings. The molecule has 9 heteroatoms. The second-order valence-corrected chi connectivity index (χ2v) is 6.58. The molecule has 0 N–H and O–H groups in total. The minimum Gasteiger partial charge on any atom is -0.383 e. The number of carbonyl (C=O) groups excluding carboxylic acids is 1. The lowest BCUT2D eigenvalue weighted by atomic mass is 10.1. The quantitative estimate of drug-likeness (QED) is 0.781. The van der Waals surface area contributed by atoms with Crippen LogP contribution in [-0.4, -0.2) is 56.0 Å². The van der Waals surface area contributed by atoms with Gasteiger partial charge in [-0.15, -0.1) is 10.2 Å². The van der Waals surface area contributed by atoms with Gasteiger partial charge < -0.3 is 14.2 Å². The first kappa shape index (κ1) is 16.0. The number of hydrogen-bond acceptors (Lipinski definition) is 6. The molecule has 1 atom stereocenters. The number of thioether (sulfide) groups is 1. The third-order valence-corrected chi connectivity index (χ3v) is 5.01. The Morgan fingerprint density at radius 1 is 1.48 bits per heavy atom. The molecule has 1 aliphatic heterocycles. The minimum atomic E-state index is -0.144. The highest BCUT2D eigenvalue weighted by Crippen LogP contribution is 2.31. The van der Waals surface area contributed by atoms with E-state index in [1.165, 1.54) is 11.8 Å². The normalized spacial score (nSPS) is 18.6. The van der Waals surface area contributed by atoms with E-state index in [-0.39, 0.29) is 11.2 Å². The number of ether oxygens (including phenoxy) is 1. The first-order valence-electron chi connectivity index (χ1n) is 7.52. The summed E-state index contributed by atoms with van der Waals surface area (Å²) in [4.78, 5) is 14.6. The van der Waals surface area contributed by atoms with Gasteiger partial charge in [-0.2, -0.15) is 5.10 Å². The topological polar surface area (TPSA) is 78.1 Å². The van der Waals surface area contributed by atoms with E-state index in [1.807, 2.05) is 22.7 Å². The van der Waals surface area contributed by atoms with Crippen molar-refractivity contribution in [3.05, 3.63) is 18.7 Å². The number of piperidine rings is 1. The summed E-state index contributed by atoms with van der Waals surface area (Å²) >= 11 is 1.48. The number of anilines is 1. The molecule has 0 saturated carbocycles. The van der Waals surface area contributed by atoms with Gasteiger partial charge in [-0.05, 0) is 12.8 Å². The van der Waals surface area contributed by atoms with Gasteiger partial charge in [0.2, 0.25) is 5.91 Å². The van der Waals surface area contributed by atoms with Crippen molar-refractivity contribution in [1.82, 2.24) is 24.5 Å². The van der Waals surface area contributed by atoms with Crippen molar-refractivity contribution in [2.24, 2.45) is 7.05 Å². The first-order chi connectivity index (χ1) is 11.2. The predicted molar refractivity (Wildman–Crippen MR) is 86.3 cm³/mol. The van der Waals surface area contributed by atoms with Crippen molar-refractivity contribution in [2.45, 2.75) is 29.8 Å². The summed E-state index contributed by atoms with van der Waals surface area (Å²) in [6.45, 7) is 2.00. The Kier molecular flexibility index (Phi) is 4.97. The molecule has 1 amide bonds. The average Bonchev–Trinajstić information content (AvgIpc) is 3.16. The van der Waals surface area contributed by atoms with Crippen molar-refractivity contribution in [3.8, 4) is 0 Å². The van der Waals surface area contributed by atoms with Crippen LogP contribution in [0.2, 0.25) is 0 Å². The van der Waals surface area contributed by atoms with Gasteiger partial charge in [0.15, 0.2) is 5.16 Å². The van der Waals surface area contributed by atoms with Crippen LogP contribution in [0.4, 0.5) is 5.69 Å². The monoisotopic (exact) mass is 336 g/mol. The maximum Gasteiger partial charge on any atom is 0.240 e. The van der Waals surface area contributed by atoms with Crippen LogP contribution in [-0.2, 0) is 23.1 Å². The maximum atomic E-state index is 12.8. The summed E-state index contributed by atoms with van der Waals surface area (Å²) < 4.78 is 8.72. The Labute approximate surface area is 138 Å². The lowest BCUT2D eigenvalue weighted by molar-refractivity contribution is -0.119. The van der Waals surface area contributed by atoms with Crippen molar-refractivity contribution >= 4 is 23.4 Å². The largest absolute Gasteiger partial charge is 0.383 e. The van der Waals surface area contributed by atoms with Crippen LogP contribution in [0.5, 0.6) is 0 Å². The SMILES string of the molecule is COCCn1cnnc1SC1CCCN(c2cnn(C)c2)C1=O. The van der Waals surface area contributed by atoms with Gasteiger partial charge >= 0.3 is 0 Å². The first-order valence-corrected chi connectivity index (χ1v) is 8.40. The summed E-state index contributed by atoms with van der Waals surface area (Å²) in [5.41, 5.74) is 0.851. The molecular formula is C14H20N6O2S. The number of nitrogens with zero attached hydrogens (tertiary/aromatic N) is 6. The Bertz CT molecular complexity index is 670. The highest BCUT2D eigenvalue weighted by atomic mass is 32.2. The summed E-state index contributed by atoms with van der Waals surface area (Å²) in [5, 5.41) is 12.8. The van der Waals surface area contributed by atoms with Crippen LogP contribution in [0, 0.1) is 0 Å². The van der Waals surface area contributed by atoms with Crippen LogP contribution in [0.15, 0.2) is 23.9 Å². The predicted octanol–water partition coefficient (Wildman–Crippen LogP) is 0.946. The number of hydrogen-bond donors (Lipinski definition) is 0. The lowest BCUT2D eigenvalue weighted by Crippen LogP contribution is -2.43. The lowest BCUT2D eigenvalue weighted by Gasteiger charge is -2.30. The summed E-state index contributed by atoms with van der Waals surface area (Å²) in [5.74, 6) is 0.107. The molecule has 1 fully saturated rings. The Balaban J connectivity index is 1.70. The Morgan fingerprint density at radius 3 is 3.09 bits per heavy atom. The van der Waals surface area contributed by atoms with Crippen LogP contribution in [0.3, 0.4) is 0 Å².